The third kappa shape index (κ3) is 2.53. The topological polar surface area (TPSA) is 63.8 Å². The summed E-state index contributed by atoms with van der Waals surface area (Å²) in [5, 5.41) is 7.38. The van der Waals surface area contributed by atoms with E-state index < -0.39 is 0 Å². The van der Waals surface area contributed by atoms with Crippen molar-refractivity contribution < 1.29 is 4.52 Å². The van der Waals surface area contributed by atoms with Crippen molar-refractivity contribution in [3.63, 3.8) is 0 Å². The number of rotatable bonds is 3. The van der Waals surface area contributed by atoms with Crippen LogP contribution < -0.4 is 5.32 Å². The molecule has 1 aliphatic rings. The van der Waals surface area contributed by atoms with Gasteiger partial charge in [0.1, 0.15) is 0 Å². The molecular weight excluding hydrogens is 236 g/mol. The Morgan fingerprint density at radius 3 is 3.29 bits per heavy atom. The van der Waals surface area contributed by atoms with E-state index in [1.165, 1.54) is 24.2 Å². The van der Waals surface area contributed by atoms with E-state index in [1.807, 2.05) is 0 Å². The quantitative estimate of drug-likeness (QED) is 0.899. The smallest absolute Gasteiger partial charge is 0.227 e. The van der Waals surface area contributed by atoms with Crippen molar-refractivity contribution in [2.75, 3.05) is 13.1 Å². The largest absolute Gasteiger partial charge is 0.339 e. The van der Waals surface area contributed by atoms with Crippen molar-refractivity contribution in [3.8, 4) is 10.7 Å². The zero-order valence-electron chi connectivity index (χ0n) is 9.43. The summed E-state index contributed by atoms with van der Waals surface area (Å²) in [6.07, 6.45) is 5.12. The lowest BCUT2D eigenvalue weighted by Gasteiger charge is -2.20. The van der Waals surface area contributed by atoms with Gasteiger partial charge in [-0.3, -0.25) is 4.98 Å². The SMILES string of the molecule is c1ncc(-c2noc(CC3CCCNC3)n2)s1. The third-order valence-corrected chi connectivity index (χ3v) is 3.75. The summed E-state index contributed by atoms with van der Waals surface area (Å²) < 4.78 is 5.28. The molecule has 0 bridgehead atoms. The summed E-state index contributed by atoms with van der Waals surface area (Å²) >= 11 is 1.53. The Balaban J connectivity index is 1.68. The summed E-state index contributed by atoms with van der Waals surface area (Å²) in [4.78, 5) is 9.38. The van der Waals surface area contributed by atoms with Crippen LogP contribution in [0.2, 0.25) is 0 Å². The van der Waals surface area contributed by atoms with Crippen molar-refractivity contribution in [2.45, 2.75) is 19.3 Å². The van der Waals surface area contributed by atoms with Crippen molar-refractivity contribution in [2.24, 2.45) is 5.92 Å². The molecule has 1 saturated heterocycles. The lowest BCUT2D eigenvalue weighted by molar-refractivity contribution is 0.316. The maximum absolute atomic E-state index is 5.28. The molecule has 5 nitrogen and oxygen atoms in total. The Morgan fingerprint density at radius 2 is 2.53 bits per heavy atom. The van der Waals surface area contributed by atoms with Crippen LogP contribution >= 0.6 is 11.3 Å². The van der Waals surface area contributed by atoms with Crippen LogP contribution in [0.5, 0.6) is 0 Å². The Morgan fingerprint density at radius 1 is 1.53 bits per heavy atom. The molecule has 17 heavy (non-hydrogen) atoms. The summed E-state index contributed by atoms with van der Waals surface area (Å²) in [6, 6.07) is 0. The van der Waals surface area contributed by atoms with E-state index in [-0.39, 0.29) is 0 Å². The van der Waals surface area contributed by atoms with E-state index in [0.717, 1.165) is 30.3 Å². The van der Waals surface area contributed by atoms with E-state index in [4.69, 9.17) is 4.52 Å². The normalized spacial score (nSPS) is 20.6. The van der Waals surface area contributed by atoms with Crippen LogP contribution in [-0.4, -0.2) is 28.2 Å². The highest BCUT2D eigenvalue weighted by Crippen LogP contribution is 2.21. The van der Waals surface area contributed by atoms with E-state index in [0.29, 0.717) is 11.7 Å². The van der Waals surface area contributed by atoms with E-state index in [2.05, 4.69) is 20.4 Å². The molecule has 1 N–H and O–H groups in total. The highest BCUT2D eigenvalue weighted by Gasteiger charge is 2.17. The average molecular weight is 250 g/mol. The second-order valence-electron chi connectivity index (χ2n) is 4.29. The van der Waals surface area contributed by atoms with Crippen molar-refractivity contribution in [1.29, 1.82) is 0 Å². The van der Waals surface area contributed by atoms with Gasteiger partial charge >= 0.3 is 0 Å². The van der Waals surface area contributed by atoms with Crippen molar-refractivity contribution in [1.82, 2.24) is 20.4 Å². The molecule has 0 saturated carbocycles. The lowest BCUT2D eigenvalue weighted by atomic mass is 9.96. The molecule has 1 atom stereocenters. The van der Waals surface area contributed by atoms with Gasteiger partial charge in [0.15, 0.2) is 0 Å². The molecule has 2 aromatic heterocycles. The first kappa shape index (κ1) is 10.9. The molecule has 3 rings (SSSR count). The summed E-state index contributed by atoms with van der Waals surface area (Å²) in [6.45, 7) is 2.19. The molecule has 6 heteroatoms. The van der Waals surface area contributed by atoms with Crippen LogP contribution in [-0.2, 0) is 6.42 Å². The van der Waals surface area contributed by atoms with Gasteiger partial charge in [0.05, 0.1) is 10.4 Å². The molecule has 3 heterocycles. The monoisotopic (exact) mass is 250 g/mol. The minimum Gasteiger partial charge on any atom is -0.339 e. The number of hydrogen-bond acceptors (Lipinski definition) is 6. The predicted molar refractivity (Wildman–Crippen MR) is 64.7 cm³/mol. The second kappa shape index (κ2) is 4.93. The molecule has 1 aliphatic heterocycles. The van der Waals surface area contributed by atoms with Crippen LogP contribution in [0.3, 0.4) is 0 Å². The summed E-state index contributed by atoms with van der Waals surface area (Å²) in [5.41, 5.74) is 1.77. The fourth-order valence-corrected chi connectivity index (χ4v) is 2.65. The van der Waals surface area contributed by atoms with Gasteiger partial charge in [-0.15, -0.1) is 11.3 Å². The molecule has 2 aromatic rings. The molecular formula is C11H14N4OS. The Bertz CT molecular complexity index is 462. The molecule has 0 spiro atoms. The maximum atomic E-state index is 5.28. The number of nitrogens with one attached hydrogen (secondary N) is 1. The lowest BCUT2D eigenvalue weighted by Crippen LogP contribution is -2.30. The van der Waals surface area contributed by atoms with Gasteiger partial charge in [0.25, 0.3) is 0 Å². The number of nitrogens with zero attached hydrogens (tertiary/aromatic N) is 3. The highest BCUT2D eigenvalue weighted by atomic mass is 32.1. The molecule has 0 aromatic carbocycles. The Labute approximate surface area is 103 Å². The highest BCUT2D eigenvalue weighted by molar-refractivity contribution is 7.13. The summed E-state index contributed by atoms with van der Waals surface area (Å²) in [7, 11) is 0. The van der Waals surface area contributed by atoms with Gasteiger partial charge in [0, 0.05) is 12.6 Å². The van der Waals surface area contributed by atoms with E-state index >= 15 is 0 Å². The van der Waals surface area contributed by atoms with Crippen LogP contribution in [0.25, 0.3) is 10.7 Å². The van der Waals surface area contributed by atoms with Crippen molar-refractivity contribution >= 4 is 11.3 Å². The standard InChI is InChI=1S/C11H14N4OS/c1-2-8(5-12-3-1)4-10-14-11(15-16-10)9-6-13-7-17-9/h6-8,12H,1-5H2. The minimum atomic E-state index is 0.624. The Hall–Kier alpha value is -1.27. The van der Waals surface area contributed by atoms with E-state index in [1.54, 1.807) is 11.7 Å². The molecule has 90 valence electrons. The summed E-state index contributed by atoms with van der Waals surface area (Å²) in [5.74, 6) is 2.02. The first-order valence-corrected chi connectivity index (χ1v) is 6.72. The molecule has 0 radical (unpaired) electrons. The fraction of sp³-hybridized carbons (Fsp3) is 0.545. The first-order valence-electron chi connectivity index (χ1n) is 5.84. The number of piperidine rings is 1. The van der Waals surface area contributed by atoms with Crippen molar-refractivity contribution in [3.05, 3.63) is 17.6 Å². The van der Waals surface area contributed by atoms with Gasteiger partial charge in [-0.05, 0) is 31.8 Å². The van der Waals surface area contributed by atoms with Crippen LogP contribution in [0.15, 0.2) is 16.2 Å². The first-order chi connectivity index (χ1) is 8.42. The predicted octanol–water partition coefficient (Wildman–Crippen LogP) is 1.74. The zero-order chi connectivity index (χ0) is 11.5. The molecule has 0 aliphatic carbocycles. The molecule has 1 fully saturated rings. The third-order valence-electron chi connectivity index (χ3n) is 2.98. The fourth-order valence-electron chi connectivity index (χ4n) is 2.11. The van der Waals surface area contributed by atoms with Gasteiger partial charge in [-0.2, -0.15) is 4.98 Å². The van der Waals surface area contributed by atoms with Crippen LogP contribution in [0.1, 0.15) is 18.7 Å². The maximum Gasteiger partial charge on any atom is 0.227 e. The minimum absolute atomic E-state index is 0.624. The van der Waals surface area contributed by atoms with Gasteiger partial charge in [-0.25, -0.2) is 0 Å². The number of hydrogen-bond donors (Lipinski definition) is 1. The second-order valence-corrected chi connectivity index (χ2v) is 5.18. The number of aromatic nitrogens is 3. The van der Waals surface area contributed by atoms with Gasteiger partial charge in [0.2, 0.25) is 11.7 Å². The molecule has 1 unspecified atom stereocenters. The zero-order valence-corrected chi connectivity index (χ0v) is 10.2. The molecule has 0 amide bonds. The van der Waals surface area contributed by atoms with Crippen LogP contribution in [0.4, 0.5) is 0 Å². The van der Waals surface area contributed by atoms with Crippen LogP contribution in [0, 0.1) is 5.92 Å². The number of thiazole rings is 1. The van der Waals surface area contributed by atoms with E-state index in [9.17, 15) is 0 Å². The Kier molecular flexibility index (Phi) is 3.15. The van der Waals surface area contributed by atoms with Gasteiger partial charge < -0.3 is 9.84 Å². The van der Waals surface area contributed by atoms with Gasteiger partial charge in [-0.1, -0.05) is 5.16 Å². The average Bonchev–Trinajstić information content (AvgIpc) is 3.00.